The summed E-state index contributed by atoms with van der Waals surface area (Å²) in [7, 11) is 0. The lowest BCUT2D eigenvalue weighted by molar-refractivity contribution is 0.438. The summed E-state index contributed by atoms with van der Waals surface area (Å²) in [5.74, 6) is 0.768. The number of anilines is 2. The first-order valence-corrected chi connectivity index (χ1v) is 14.9. The number of piperidine rings is 1. The number of hydrogen-bond donors (Lipinski definition) is 1. The summed E-state index contributed by atoms with van der Waals surface area (Å²) in [6, 6.07) is 22.9. The number of benzene rings is 2. The van der Waals surface area contributed by atoms with E-state index in [4.69, 9.17) is 28.8 Å². The van der Waals surface area contributed by atoms with Crippen LogP contribution in [0, 0.1) is 26.7 Å². The smallest absolute Gasteiger partial charge is 0.174 e. The summed E-state index contributed by atoms with van der Waals surface area (Å²) in [4.78, 5) is 9.41. The van der Waals surface area contributed by atoms with E-state index in [0.29, 0.717) is 5.11 Å². The molecule has 7 heteroatoms. The van der Waals surface area contributed by atoms with Gasteiger partial charge in [0.15, 0.2) is 5.11 Å². The van der Waals surface area contributed by atoms with Crippen molar-refractivity contribution >= 4 is 40.3 Å². The molecule has 0 amide bonds. The number of hydrogen-bond acceptors (Lipinski definition) is 3. The highest BCUT2D eigenvalue weighted by atomic mass is 35.5. The Balaban J connectivity index is 1.47. The molecule has 0 unspecified atom stereocenters. The molecule has 2 aromatic carbocycles. The molecule has 0 spiro atoms. The number of para-hydroxylation sites is 1. The largest absolute Gasteiger partial charge is 0.370 e. The fourth-order valence-corrected chi connectivity index (χ4v) is 7.12. The van der Waals surface area contributed by atoms with Crippen molar-refractivity contribution in [3.05, 3.63) is 106 Å². The molecule has 0 bridgehead atoms. The van der Waals surface area contributed by atoms with Crippen LogP contribution in [0.2, 0.25) is 5.02 Å². The van der Waals surface area contributed by atoms with Gasteiger partial charge in [0.25, 0.3) is 0 Å². The van der Waals surface area contributed by atoms with Crippen LogP contribution in [0.25, 0.3) is 5.69 Å². The molecule has 2 atom stereocenters. The van der Waals surface area contributed by atoms with Gasteiger partial charge in [-0.25, -0.2) is 0 Å². The molecule has 0 radical (unpaired) electrons. The fourth-order valence-electron chi connectivity index (χ4n) is 6.48. The molecular weight excluding hydrogens is 534 g/mol. The van der Waals surface area contributed by atoms with Crippen molar-refractivity contribution in [3.8, 4) is 5.69 Å². The minimum absolute atomic E-state index is 0.0937. The first-order valence-electron chi connectivity index (χ1n) is 14.1. The third kappa shape index (κ3) is 4.67. The minimum Gasteiger partial charge on any atom is -0.370 e. The molecule has 2 saturated heterocycles. The van der Waals surface area contributed by atoms with Crippen molar-refractivity contribution in [2.75, 3.05) is 22.9 Å². The van der Waals surface area contributed by atoms with Crippen molar-refractivity contribution in [3.63, 3.8) is 0 Å². The van der Waals surface area contributed by atoms with Crippen LogP contribution in [-0.4, -0.2) is 27.8 Å². The van der Waals surface area contributed by atoms with E-state index in [9.17, 15) is 0 Å². The molecule has 206 valence electrons. The van der Waals surface area contributed by atoms with Crippen molar-refractivity contribution in [1.82, 2.24) is 14.9 Å². The van der Waals surface area contributed by atoms with Gasteiger partial charge in [-0.2, -0.15) is 0 Å². The van der Waals surface area contributed by atoms with Gasteiger partial charge in [0.1, 0.15) is 0 Å². The molecule has 5 nitrogen and oxygen atoms in total. The van der Waals surface area contributed by atoms with Gasteiger partial charge in [0.05, 0.1) is 28.5 Å². The number of rotatable bonds is 5. The van der Waals surface area contributed by atoms with Gasteiger partial charge < -0.3 is 19.7 Å². The Morgan fingerprint density at radius 1 is 0.900 bits per heavy atom. The Morgan fingerprint density at radius 3 is 2.30 bits per heavy atom. The van der Waals surface area contributed by atoms with Crippen LogP contribution in [0.15, 0.2) is 72.9 Å². The van der Waals surface area contributed by atoms with E-state index < -0.39 is 0 Å². The van der Waals surface area contributed by atoms with Crippen LogP contribution in [0.1, 0.15) is 60.1 Å². The van der Waals surface area contributed by atoms with Crippen LogP contribution in [0.3, 0.4) is 0 Å². The maximum Gasteiger partial charge on any atom is 0.174 e. The second kappa shape index (κ2) is 10.9. The molecular formula is C33H36ClN5S. The second-order valence-electron chi connectivity index (χ2n) is 11.2. The van der Waals surface area contributed by atoms with Gasteiger partial charge in [-0.05, 0) is 99.8 Å². The lowest BCUT2D eigenvalue weighted by atomic mass is 9.93. The second-order valence-corrected chi connectivity index (χ2v) is 12.0. The van der Waals surface area contributed by atoms with Crippen LogP contribution in [-0.2, 0) is 0 Å². The average Bonchev–Trinajstić information content (AvgIpc) is 3.41. The van der Waals surface area contributed by atoms with Crippen LogP contribution in [0.4, 0.5) is 11.4 Å². The van der Waals surface area contributed by atoms with Gasteiger partial charge in [0.2, 0.25) is 0 Å². The van der Waals surface area contributed by atoms with Crippen LogP contribution in [0.5, 0.6) is 0 Å². The van der Waals surface area contributed by atoms with Crippen molar-refractivity contribution in [1.29, 1.82) is 0 Å². The lowest BCUT2D eigenvalue weighted by Gasteiger charge is -2.33. The predicted octanol–water partition coefficient (Wildman–Crippen LogP) is 7.86. The lowest BCUT2D eigenvalue weighted by Crippen LogP contribution is -2.33. The van der Waals surface area contributed by atoms with E-state index in [1.54, 1.807) is 0 Å². The number of pyridine rings is 1. The molecule has 0 saturated carbocycles. The first kappa shape index (κ1) is 26.9. The highest BCUT2D eigenvalue weighted by Crippen LogP contribution is 2.46. The van der Waals surface area contributed by atoms with Crippen LogP contribution >= 0.6 is 23.8 Å². The molecule has 2 aromatic heterocycles. The summed E-state index contributed by atoms with van der Waals surface area (Å²) in [5, 5.41) is 5.07. The third-order valence-corrected chi connectivity index (χ3v) is 9.37. The quantitative estimate of drug-likeness (QED) is 0.247. The number of aromatic nitrogens is 2. The summed E-state index contributed by atoms with van der Waals surface area (Å²) >= 11 is 13.0. The Hall–Kier alpha value is -3.35. The van der Waals surface area contributed by atoms with Crippen molar-refractivity contribution in [2.24, 2.45) is 5.92 Å². The summed E-state index contributed by atoms with van der Waals surface area (Å²) in [5.41, 5.74) is 9.16. The van der Waals surface area contributed by atoms with E-state index in [2.05, 4.69) is 102 Å². The van der Waals surface area contributed by atoms with Crippen molar-refractivity contribution in [2.45, 2.75) is 52.6 Å². The van der Waals surface area contributed by atoms with Gasteiger partial charge in [0, 0.05) is 47.6 Å². The zero-order valence-electron chi connectivity index (χ0n) is 23.6. The van der Waals surface area contributed by atoms with Crippen LogP contribution < -0.4 is 15.1 Å². The molecule has 1 N–H and O–H groups in total. The SMILES string of the molecule is Cc1c([C@@H]2[C@@H](c3ccccn3)NC(=S)N2c2ccc(N3CCC(C)CC3)c(Cl)c2)c(C)n(-c2ccccc2)c1C. The Morgan fingerprint density at radius 2 is 1.62 bits per heavy atom. The molecule has 40 heavy (non-hydrogen) atoms. The maximum atomic E-state index is 7.00. The molecule has 2 aliphatic heterocycles. The minimum atomic E-state index is -0.112. The fraction of sp³-hybridized carbons (Fsp3) is 0.333. The Labute approximate surface area is 247 Å². The summed E-state index contributed by atoms with van der Waals surface area (Å²) in [6.07, 6.45) is 4.25. The number of nitrogens with one attached hydrogen (secondary N) is 1. The average molecular weight is 570 g/mol. The monoisotopic (exact) mass is 569 g/mol. The predicted molar refractivity (Wildman–Crippen MR) is 170 cm³/mol. The van der Waals surface area contributed by atoms with Gasteiger partial charge in [-0.15, -0.1) is 0 Å². The number of nitrogens with zero attached hydrogens (tertiary/aromatic N) is 4. The zero-order chi connectivity index (χ0) is 28.0. The topological polar surface area (TPSA) is 36.3 Å². The normalized spacial score (nSPS) is 19.8. The van der Waals surface area contributed by atoms with Gasteiger partial charge in [-0.1, -0.05) is 42.8 Å². The van der Waals surface area contributed by atoms with E-state index in [-0.39, 0.29) is 12.1 Å². The van der Waals surface area contributed by atoms with Crippen molar-refractivity contribution < 1.29 is 0 Å². The first-order chi connectivity index (χ1) is 19.3. The standard InChI is InChI=1S/C33H36ClN5S/c1-21-15-18-37(19-16-21)29-14-13-26(20-27(29)34)39-32(31(36-33(39)40)28-12-8-9-17-35-28)30-22(2)23(3)38(24(30)4)25-10-6-5-7-11-25/h5-14,17,20-21,31-32H,15-16,18-19H2,1-4H3,(H,36,40)/t31-,32-/m1/s1. The molecule has 2 fully saturated rings. The Kier molecular flexibility index (Phi) is 7.32. The zero-order valence-corrected chi connectivity index (χ0v) is 25.1. The number of halogens is 1. The highest BCUT2D eigenvalue weighted by molar-refractivity contribution is 7.80. The number of thiocarbonyl (C=S) groups is 1. The molecule has 0 aliphatic carbocycles. The molecule has 4 heterocycles. The maximum absolute atomic E-state index is 7.00. The van der Waals surface area contributed by atoms with E-state index >= 15 is 0 Å². The third-order valence-electron chi connectivity index (χ3n) is 8.75. The Bertz CT molecular complexity index is 1530. The van der Waals surface area contributed by atoms with Gasteiger partial charge >= 0.3 is 0 Å². The highest BCUT2D eigenvalue weighted by Gasteiger charge is 2.43. The summed E-state index contributed by atoms with van der Waals surface area (Å²) in [6.45, 7) is 11.0. The molecule has 4 aromatic rings. The van der Waals surface area contributed by atoms with E-state index in [1.807, 2.05) is 18.3 Å². The van der Waals surface area contributed by atoms with E-state index in [1.165, 1.54) is 35.4 Å². The molecule has 6 rings (SSSR count). The molecule has 2 aliphatic rings. The van der Waals surface area contributed by atoms with E-state index in [0.717, 1.165) is 46.8 Å². The summed E-state index contributed by atoms with van der Waals surface area (Å²) < 4.78 is 2.35. The van der Waals surface area contributed by atoms with Gasteiger partial charge in [-0.3, -0.25) is 4.98 Å².